The Bertz CT molecular complexity index is 913. The Morgan fingerprint density at radius 1 is 0.917 bits per heavy atom. The molecule has 0 bridgehead atoms. The van der Waals surface area contributed by atoms with E-state index in [4.69, 9.17) is 11.5 Å². The maximum atomic E-state index is 6.16. The first-order chi connectivity index (χ1) is 11.6. The number of nitrogens with zero attached hydrogens (tertiary/aromatic N) is 2. The summed E-state index contributed by atoms with van der Waals surface area (Å²) in [5, 5.41) is 0. The molecule has 1 aromatic heterocycles. The SMILES string of the molecule is CC(C)c1ccc(C2c3ccccc3-c3c(N)nc(N)nc32)cc1. The van der Waals surface area contributed by atoms with E-state index in [2.05, 4.69) is 60.2 Å². The van der Waals surface area contributed by atoms with E-state index in [1.807, 2.05) is 12.1 Å². The lowest BCUT2D eigenvalue weighted by molar-refractivity contribution is 0.862. The third-order valence-electron chi connectivity index (χ3n) is 4.73. The lowest BCUT2D eigenvalue weighted by Gasteiger charge is -2.15. The van der Waals surface area contributed by atoms with E-state index in [-0.39, 0.29) is 11.9 Å². The molecule has 3 aromatic rings. The Morgan fingerprint density at radius 3 is 2.33 bits per heavy atom. The van der Waals surface area contributed by atoms with E-state index in [0.717, 1.165) is 16.8 Å². The molecule has 4 N–H and O–H groups in total. The molecule has 1 aliphatic rings. The molecule has 0 aliphatic heterocycles. The molecule has 0 amide bonds. The van der Waals surface area contributed by atoms with E-state index < -0.39 is 0 Å². The molecule has 4 heteroatoms. The second-order valence-electron chi connectivity index (χ2n) is 6.57. The van der Waals surface area contributed by atoms with Crippen LogP contribution in [-0.4, -0.2) is 9.97 Å². The van der Waals surface area contributed by atoms with Gasteiger partial charge in [-0.25, -0.2) is 4.98 Å². The van der Waals surface area contributed by atoms with Crippen LogP contribution in [0.4, 0.5) is 11.8 Å². The normalized spacial score (nSPS) is 15.4. The van der Waals surface area contributed by atoms with E-state index in [1.54, 1.807) is 0 Å². The first-order valence-corrected chi connectivity index (χ1v) is 8.18. The molecular formula is C20H20N4. The highest BCUT2D eigenvalue weighted by Crippen LogP contribution is 2.49. The minimum absolute atomic E-state index is 0.0463. The number of hydrogen-bond acceptors (Lipinski definition) is 4. The minimum atomic E-state index is 0.0463. The molecule has 0 radical (unpaired) electrons. The van der Waals surface area contributed by atoms with Crippen molar-refractivity contribution < 1.29 is 0 Å². The van der Waals surface area contributed by atoms with Gasteiger partial charge in [-0.3, -0.25) is 0 Å². The largest absolute Gasteiger partial charge is 0.383 e. The summed E-state index contributed by atoms with van der Waals surface area (Å²) in [5.74, 6) is 1.23. The fourth-order valence-electron chi connectivity index (χ4n) is 3.53. The van der Waals surface area contributed by atoms with Crippen molar-refractivity contribution in [3.63, 3.8) is 0 Å². The summed E-state index contributed by atoms with van der Waals surface area (Å²) >= 11 is 0. The predicted molar refractivity (Wildman–Crippen MR) is 97.8 cm³/mol. The van der Waals surface area contributed by atoms with Crippen molar-refractivity contribution >= 4 is 11.8 Å². The molecule has 4 nitrogen and oxygen atoms in total. The number of rotatable bonds is 2. The van der Waals surface area contributed by atoms with Gasteiger partial charge in [0.1, 0.15) is 5.82 Å². The van der Waals surface area contributed by atoms with Crippen molar-refractivity contribution in [2.75, 3.05) is 11.5 Å². The number of aromatic nitrogens is 2. The van der Waals surface area contributed by atoms with Gasteiger partial charge in [0.05, 0.1) is 11.6 Å². The summed E-state index contributed by atoms with van der Waals surface area (Å²) in [6.45, 7) is 4.40. The maximum absolute atomic E-state index is 6.16. The topological polar surface area (TPSA) is 77.8 Å². The molecule has 1 heterocycles. The van der Waals surface area contributed by atoms with Crippen molar-refractivity contribution in [1.82, 2.24) is 9.97 Å². The van der Waals surface area contributed by atoms with Crippen LogP contribution in [0.5, 0.6) is 0 Å². The van der Waals surface area contributed by atoms with Crippen LogP contribution < -0.4 is 11.5 Å². The Hall–Kier alpha value is -2.88. The standard InChI is InChI=1S/C20H20N4/c1-11(2)12-7-9-13(10-8-12)16-14-5-3-4-6-15(14)17-18(16)23-20(22)24-19(17)21/h3-11,16H,1-2H3,(H4,21,22,23,24). The fourth-order valence-corrected chi connectivity index (χ4v) is 3.53. The molecule has 1 unspecified atom stereocenters. The monoisotopic (exact) mass is 316 g/mol. The zero-order valence-corrected chi connectivity index (χ0v) is 13.8. The van der Waals surface area contributed by atoms with Gasteiger partial charge in [-0.15, -0.1) is 0 Å². The van der Waals surface area contributed by atoms with Crippen LogP contribution in [0.1, 0.15) is 48.1 Å². The highest BCUT2D eigenvalue weighted by Gasteiger charge is 2.33. The van der Waals surface area contributed by atoms with Gasteiger partial charge in [0.25, 0.3) is 0 Å². The number of nitrogens with two attached hydrogens (primary N) is 2. The molecule has 0 spiro atoms. The first kappa shape index (κ1) is 14.7. The number of anilines is 2. The van der Waals surface area contributed by atoms with Crippen LogP contribution in [0.2, 0.25) is 0 Å². The predicted octanol–water partition coefficient (Wildman–Crippen LogP) is 3.93. The quantitative estimate of drug-likeness (QED) is 0.587. The van der Waals surface area contributed by atoms with E-state index >= 15 is 0 Å². The van der Waals surface area contributed by atoms with Gasteiger partial charge in [-0.05, 0) is 28.2 Å². The van der Waals surface area contributed by atoms with Gasteiger partial charge in [-0.1, -0.05) is 62.4 Å². The van der Waals surface area contributed by atoms with Crippen LogP contribution in [0.25, 0.3) is 11.1 Å². The van der Waals surface area contributed by atoms with Crippen LogP contribution in [0.15, 0.2) is 48.5 Å². The highest BCUT2D eigenvalue weighted by atomic mass is 15.0. The van der Waals surface area contributed by atoms with Gasteiger partial charge in [-0.2, -0.15) is 4.98 Å². The Balaban J connectivity index is 1.93. The van der Waals surface area contributed by atoms with E-state index in [1.165, 1.54) is 16.7 Å². The zero-order valence-electron chi connectivity index (χ0n) is 13.8. The van der Waals surface area contributed by atoms with Crippen molar-refractivity contribution in [2.24, 2.45) is 0 Å². The molecule has 0 saturated heterocycles. The smallest absolute Gasteiger partial charge is 0.222 e. The average Bonchev–Trinajstić information content (AvgIpc) is 2.89. The van der Waals surface area contributed by atoms with Crippen LogP contribution in [0, 0.1) is 0 Å². The zero-order chi connectivity index (χ0) is 16.8. The summed E-state index contributed by atoms with van der Waals surface area (Å²) in [4.78, 5) is 8.69. The van der Waals surface area contributed by atoms with Gasteiger partial charge in [0.15, 0.2) is 0 Å². The molecule has 120 valence electrons. The van der Waals surface area contributed by atoms with Gasteiger partial charge in [0, 0.05) is 5.56 Å². The molecule has 4 rings (SSSR count). The molecule has 1 atom stereocenters. The Kier molecular flexibility index (Phi) is 3.27. The maximum Gasteiger partial charge on any atom is 0.222 e. The highest BCUT2D eigenvalue weighted by molar-refractivity contribution is 5.86. The molecule has 24 heavy (non-hydrogen) atoms. The summed E-state index contributed by atoms with van der Waals surface area (Å²) < 4.78 is 0. The minimum Gasteiger partial charge on any atom is -0.383 e. The average molecular weight is 316 g/mol. The van der Waals surface area contributed by atoms with Crippen LogP contribution in [-0.2, 0) is 0 Å². The molecule has 0 saturated carbocycles. The Labute approximate surface area is 141 Å². The number of benzene rings is 2. The van der Waals surface area contributed by atoms with Crippen LogP contribution >= 0.6 is 0 Å². The third-order valence-corrected chi connectivity index (χ3v) is 4.73. The number of hydrogen-bond donors (Lipinski definition) is 2. The lowest BCUT2D eigenvalue weighted by atomic mass is 9.90. The molecule has 1 aliphatic carbocycles. The van der Waals surface area contributed by atoms with Crippen molar-refractivity contribution in [2.45, 2.75) is 25.7 Å². The summed E-state index contributed by atoms with van der Waals surface area (Å²) in [6, 6.07) is 17.0. The number of fused-ring (bicyclic) bond motifs is 3. The van der Waals surface area contributed by atoms with Crippen molar-refractivity contribution in [1.29, 1.82) is 0 Å². The molecule has 2 aromatic carbocycles. The second kappa shape index (κ2) is 5.34. The fraction of sp³-hybridized carbons (Fsp3) is 0.200. The first-order valence-electron chi connectivity index (χ1n) is 8.18. The summed E-state index contributed by atoms with van der Waals surface area (Å²) in [7, 11) is 0. The lowest BCUT2D eigenvalue weighted by Crippen LogP contribution is -2.07. The van der Waals surface area contributed by atoms with Gasteiger partial charge < -0.3 is 11.5 Å². The van der Waals surface area contributed by atoms with Gasteiger partial charge >= 0.3 is 0 Å². The van der Waals surface area contributed by atoms with Gasteiger partial charge in [0.2, 0.25) is 5.95 Å². The summed E-state index contributed by atoms with van der Waals surface area (Å²) in [5.41, 5.74) is 18.7. The Morgan fingerprint density at radius 2 is 1.62 bits per heavy atom. The third kappa shape index (κ3) is 2.14. The summed E-state index contributed by atoms with van der Waals surface area (Å²) in [6.07, 6.45) is 0. The molecular weight excluding hydrogens is 296 g/mol. The van der Waals surface area contributed by atoms with Crippen LogP contribution in [0.3, 0.4) is 0 Å². The van der Waals surface area contributed by atoms with E-state index in [0.29, 0.717) is 11.7 Å². The van der Waals surface area contributed by atoms with Crippen molar-refractivity contribution in [3.05, 3.63) is 70.9 Å². The second-order valence-corrected chi connectivity index (χ2v) is 6.57. The van der Waals surface area contributed by atoms with E-state index in [9.17, 15) is 0 Å². The molecule has 0 fully saturated rings. The van der Waals surface area contributed by atoms with Crippen molar-refractivity contribution in [3.8, 4) is 11.1 Å². The number of nitrogen functional groups attached to an aromatic ring is 2.